The van der Waals surface area contributed by atoms with Crippen LogP contribution in [0.3, 0.4) is 0 Å². The quantitative estimate of drug-likeness (QED) is 0.186. The third-order valence-corrected chi connectivity index (χ3v) is 4.40. The SMILES string of the molecule is OCC(O)CO.OC[C@H]1O[C@@H](O[C@H]2[C@H](O)[C@@H](O)[C@H](O)O[C@@H]2CO)[C@H](O)[C@@H](O)[C@H]1O. The standard InChI is InChI=1S/C12H22O11.C3H8O3/c13-1-3-5(15)6(16)9(19)12(22-3)23-10-4(2-14)21-11(20)8(18)7(10)17;4-1-3(6)2-5/h3-20H,1-2H2;3-6H,1-2H2/t3-,4-,5+,6+,7-,8-,9-,10-,11-,12+;/m1./s1. The number of aliphatic hydroxyl groups excluding tert-OH is 11. The molecule has 0 amide bonds. The summed E-state index contributed by atoms with van der Waals surface area (Å²) in [6.45, 7) is -2.07. The first-order valence-electron chi connectivity index (χ1n) is 8.79. The van der Waals surface area contributed by atoms with E-state index >= 15 is 0 Å². The molecule has 0 unspecified atom stereocenters. The topological polar surface area (TPSA) is 250 Å². The minimum Gasteiger partial charge on any atom is -0.394 e. The maximum absolute atomic E-state index is 9.94. The van der Waals surface area contributed by atoms with Crippen molar-refractivity contribution in [3.8, 4) is 0 Å². The predicted octanol–water partition coefficient (Wildman–Crippen LogP) is -7.07. The molecular formula is C15H30O14. The third-order valence-electron chi connectivity index (χ3n) is 4.40. The second kappa shape index (κ2) is 12.3. The Bertz CT molecular complexity index is 447. The number of hydrogen-bond acceptors (Lipinski definition) is 14. The summed E-state index contributed by atoms with van der Waals surface area (Å²) in [5.74, 6) is 0. The van der Waals surface area contributed by atoms with Gasteiger partial charge in [-0.15, -0.1) is 0 Å². The van der Waals surface area contributed by atoms with Crippen LogP contribution in [-0.4, -0.2) is 150 Å². The molecule has 0 aliphatic carbocycles. The molecule has 174 valence electrons. The fourth-order valence-corrected chi connectivity index (χ4v) is 2.63. The van der Waals surface area contributed by atoms with Gasteiger partial charge >= 0.3 is 0 Å². The van der Waals surface area contributed by atoms with Crippen LogP contribution >= 0.6 is 0 Å². The van der Waals surface area contributed by atoms with Crippen molar-refractivity contribution in [3.63, 3.8) is 0 Å². The van der Waals surface area contributed by atoms with E-state index in [1.165, 1.54) is 0 Å². The molecule has 0 aromatic rings. The summed E-state index contributed by atoms with van der Waals surface area (Å²) in [5, 5.41) is 101. The van der Waals surface area contributed by atoms with E-state index in [0.717, 1.165) is 0 Å². The number of aliphatic hydroxyl groups is 11. The van der Waals surface area contributed by atoms with Crippen LogP contribution in [0.1, 0.15) is 0 Å². The lowest BCUT2D eigenvalue weighted by atomic mass is 9.97. The van der Waals surface area contributed by atoms with Gasteiger partial charge in [-0.1, -0.05) is 0 Å². The largest absolute Gasteiger partial charge is 0.394 e. The normalized spacial score (nSPS) is 43.0. The van der Waals surface area contributed by atoms with Crippen molar-refractivity contribution in [3.05, 3.63) is 0 Å². The number of rotatable bonds is 6. The maximum Gasteiger partial charge on any atom is 0.187 e. The lowest BCUT2D eigenvalue weighted by Crippen LogP contribution is -2.64. The van der Waals surface area contributed by atoms with Gasteiger partial charge < -0.3 is 70.4 Å². The molecule has 0 aromatic heterocycles. The molecule has 10 atom stereocenters. The molecule has 14 heteroatoms. The average Bonchev–Trinajstić information content (AvgIpc) is 2.73. The molecule has 2 aliphatic rings. The van der Waals surface area contributed by atoms with Crippen LogP contribution in [0.2, 0.25) is 0 Å². The zero-order valence-electron chi connectivity index (χ0n) is 15.3. The first-order chi connectivity index (χ1) is 13.6. The number of hydrogen-bond donors (Lipinski definition) is 11. The molecule has 0 spiro atoms. The molecule has 14 nitrogen and oxygen atoms in total. The molecule has 29 heavy (non-hydrogen) atoms. The van der Waals surface area contributed by atoms with E-state index in [1.54, 1.807) is 0 Å². The monoisotopic (exact) mass is 434 g/mol. The zero-order chi connectivity index (χ0) is 22.3. The Morgan fingerprint density at radius 3 is 1.66 bits per heavy atom. The van der Waals surface area contributed by atoms with Gasteiger partial charge in [-0.25, -0.2) is 0 Å². The smallest absolute Gasteiger partial charge is 0.187 e. The molecule has 0 saturated carbocycles. The van der Waals surface area contributed by atoms with Crippen molar-refractivity contribution in [2.24, 2.45) is 0 Å². The molecular weight excluding hydrogens is 404 g/mol. The van der Waals surface area contributed by atoms with Gasteiger partial charge in [0.25, 0.3) is 0 Å². The van der Waals surface area contributed by atoms with E-state index < -0.39 is 80.7 Å². The van der Waals surface area contributed by atoms with Crippen molar-refractivity contribution in [2.45, 2.75) is 67.5 Å². The lowest BCUT2D eigenvalue weighted by molar-refractivity contribution is -0.355. The lowest BCUT2D eigenvalue weighted by Gasteiger charge is -2.45. The van der Waals surface area contributed by atoms with Crippen LogP contribution in [0.15, 0.2) is 0 Å². The second-order valence-electron chi connectivity index (χ2n) is 6.55. The minimum absolute atomic E-state index is 0.365. The van der Waals surface area contributed by atoms with Gasteiger partial charge in [0, 0.05) is 0 Å². The zero-order valence-corrected chi connectivity index (χ0v) is 15.3. The van der Waals surface area contributed by atoms with E-state index in [0.29, 0.717) is 0 Å². The summed E-state index contributed by atoms with van der Waals surface area (Å²) in [7, 11) is 0. The predicted molar refractivity (Wildman–Crippen MR) is 88.8 cm³/mol. The molecule has 2 heterocycles. The molecule has 2 saturated heterocycles. The van der Waals surface area contributed by atoms with Gasteiger partial charge in [0.2, 0.25) is 0 Å². The Morgan fingerprint density at radius 2 is 1.21 bits per heavy atom. The molecule has 2 rings (SSSR count). The van der Waals surface area contributed by atoms with E-state index in [1.807, 2.05) is 0 Å². The van der Waals surface area contributed by atoms with Gasteiger partial charge in [-0.3, -0.25) is 0 Å². The Labute approximate surface area is 165 Å². The average molecular weight is 434 g/mol. The Balaban J connectivity index is 0.000000612. The fraction of sp³-hybridized carbons (Fsp3) is 1.00. The summed E-state index contributed by atoms with van der Waals surface area (Å²) >= 11 is 0. The minimum atomic E-state index is -1.74. The highest BCUT2D eigenvalue weighted by atomic mass is 16.7. The molecule has 0 bridgehead atoms. The summed E-state index contributed by atoms with van der Waals surface area (Å²) in [5.41, 5.74) is 0. The van der Waals surface area contributed by atoms with Crippen LogP contribution in [0.5, 0.6) is 0 Å². The molecule has 2 aliphatic heterocycles. The second-order valence-corrected chi connectivity index (χ2v) is 6.55. The molecule has 11 N–H and O–H groups in total. The first-order valence-corrected chi connectivity index (χ1v) is 8.79. The third kappa shape index (κ3) is 6.71. The van der Waals surface area contributed by atoms with E-state index in [-0.39, 0.29) is 13.2 Å². The highest BCUT2D eigenvalue weighted by Crippen LogP contribution is 2.28. The van der Waals surface area contributed by atoms with Gasteiger partial charge in [-0.2, -0.15) is 0 Å². The molecule has 0 aromatic carbocycles. The van der Waals surface area contributed by atoms with Crippen molar-refractivity contribution >= 4 is 0 Å². The van der Waals surface area contributed by atoms with Crippen LogP contribution in [0.4, 0.5) is 0 Å². The van der Waals surface area contributed by atoms with Crippen molar-refractivity contribution in [1.29, 1.82) is 0 Å². The summed E-state index contributed by atoms with van der Waals surface area (Å²) < 4.78 is 15.3. The first kappa shape index (κ1) is 26.5. The molecule has 0 radical (unpaired) electrons. The van der Waals surface area contributed by atoms with Crippen molar-refractivity contribution in [1.82, 2.24) is 0 Å². The van der Waals surface area contributed by atoms with Crippen LogP contribution in [-0.2, 0) is 14.2 Å². The summed E-state index contributed by atoms with van der Waals surface area (Å²) in [4.78, 5) is 0. The van der Waals surface area contributed by atoms with Crippen molar-refractivity contribution < 1.29 is 70.4 Å². The van der Waals surface area contributed by atoms with Gasteiger partial charge in [0.05, 0.1) is 26.4 Å². The highest BCUT2D eigenvalue weighted by molar-refractivity contribution is 4.93. The van der Waals surface area contributed by atoms with E-state index in [9.17, 15) is 35.7 Å². The summed E-state index contributed by atoms with van der Waals surface area (Å²) in [6.07, 6.45) is -16.5. The van der Waals surface area contributed by atoms with Crippen molar-refractivity contribution in [2.75, 3.05) is 26.4 Å². The summed E-state index contributed by atoms with van der Waals surface area (Å²) in [6, 6.07) is 0. The Kier molecular flexibility index (Phi) is 11.3. The molecule has 2 fully saturated rings. The fourth-order valence-electron chi connectivity index (χ4n) is 2.63. The highest BCUT2D eigenvalue weighted by Gasteiger charge is 2.50. The van der Waals surface area contributed by atoms with Gasteiger partial charge in [0.1, 0.15) is 54.9 Å². The van der Waals surface area contributed by atoms with E-state index in [2.05, 4.69) is 0 Å². The maximum atomic E-state index is 9.94. The van der Waals surface area contributed by atoms with Crippen LogP contribution in [0.25, 0.3) is 0 Å². The van der Waals surface area contributed by atoms with Crippen LogP contribution < -0.4 is 0 Å². The Hall–Kier alpha value is -0.560. The van der Waals surface area contributed by atoms with Gasteiger partial charge in [0.15, 0.2) is 12.6 Å². The van der Waals surface area contributed by atoms with Gasteiger partial charge in [-0.05, 0) is 0 Å². The number of ether oxygens (including phenoxy) is 3. The van der Waals surface area contributed by atoms with Crippen LogP contribution in [0, 0.1) is 0 Å². The van der Waals surface area contributed by atoms with E-state index in [4.69, 9.17) is 34.6 Å². The Morgan fingerprint density at radius 1 is 0.655 bits per heavy atom.